The van der Waals surface area contributed by atoms with Crippen LogP contribution in [-0.4, -0.2) is 64.4 Å². The third-order valence-electron chi connectivity index (χ3n) is 3.09. The van der Waals surface area contributed by atoms with Gasteiger partial charge in [0.1, 0.15) is 0 Å². The molecule has 5 nitrogen and oxygen atoms in total. The van der Waals surface area contributed by atoms with Gasteiger partial charge < -0.3 is 19.7 Å². The number of carbonyl (C=O) groups is 1. The van der Waals surface area contributed by atoms with Crippen molar-refractivity contribution in [2.24, 2.45) is 5.92 Å². The van der Waals surface area contributed by atoms with Crippen molar-refractivity contribution in [1.29, 1.82) is 0 Å². The zero-order chi connectivity index (χ0) is 12.5. The van der Waals surface area contributed by atoms with Gasteiger partial charge in [0.15, 0.2) is 0 Å². The molecule has 0 spiro atoms. The predicted molar refractivity (Wildman–Crippen MR) is 73.2 cm³/mol. The molecule has 0 aromatic rings. The van der Waals surface area contributed by atoms with Crippen LogP contribution in [0, 0.1) is 5.92 Å². The molecule has 0 radical (unpaired) electrons. The largest absolute Gasteiger partial charge is 0.383 e. The zero-order valence-corrected chi connectivity index (χ0v) is 12.1. The SMILES string of the molecule is COCCN(CCOC)C(=O)[C@@H]1CCCNC1.Cl. The summed E-state index contributed by atoms with van der Waals surface area (Å²) in [5.41, 5.74) is 0. The van der Waals surface area contributed by atoms with Crippen molar-refractivity contribution in [2.45, 2.75) is 12.8 Å². The van der Waals surface area contributed by atoms with Crippen LogP contribution in [0.1, 0.15) is 12.8 Å². The highest BCUT2D eigenvalue weighted by atomic mass is 35.5. The second kappa shape index (κ2) is 10.6. The van der Waals surface area contributed by atoms with Crippen molar-refractivity contribution in [1.82, 2.24) is 10.2 Å². The standard InChI is InChI=1S/C12H24N2O3.ClH/c1-16-8-6-14(7-9-17-2)12(15)11-4-3-5-13-10-11;/h11,13H,3-10H2,1-2H3;1H/t11-;/m1./s1. The van der Waals surface area contributed by atoms with Crippen LogP contribution in [-0.2, 0) is 14.3 Å². The van der Waals surface area contributed by atoms with Crippen LogP contribution in [0.2, 0.25) is 0 Å². The lowest BCUT2D eigenvalue weighted by molar-refractivity contribution is -0.137. The van der Waals surface area contributed by atoms with Crippen molar-refractivity contribution >= 4 is 18.3 Å². The predicted octanol–water partition coefficient (Wildman–Crippen LogP) is 0.529. The third-order valence-corrected chi connectivity index (χ3v) is 3.09. The van der Waals surface area contributed by atoms with Crippen molar-refractivity contribution in [3.05, 3.63) is 0 Å². The van der Waals surface area contributed by atoms with Gasteiger partial charge in [-0.25, -0.2) is 0 Å². The molecule has 1 fully saturated rings. The van der Waals surface area contributed by atoms with E-state index in [1.165, 1.54) is 0 Å². The Morgan fingerprint density at radius 2 is 1.89 bits per heavy atom. The highest BCUT2D eigenvalue weighted by molar-refractivity contribution is 5.85. The molecule has 18 heavy (non-hydrogen) atoms. The van der Waals surface area contributed by atoms with E-state index in [9.17, 15) is 4.79 Å². The Morgan fingerprint density at radius 3 is 2.33 bits per heavy atom. The number of ether oxygens (including phenoxy) is 2. The highest BCUT2D eigenvalue weighted by Crippen LogP contribution is 2.13. The topological polar surface area (TPSA) is 50.8 Å². The Bertz CT molecular complexity index is 215. The van der Waals surface area contributed by atoms with Crippen molar-refractivity contribution in [3.63, 3.8) is 0 Å². The smallest absolute Gasteiger partial charge is 0.227 e. The maximum Gasteiger partial charge on any atom is 0.227 e. The molecule has 108 valence electrons. The van der Waals surface area contributed by atoms with Gasteiger partial charge in [0.25, 0.3) is 0 Å². The highest BCUT2D eigenvalue weighted by Gasteiger charge is 2.25. The number of hydrogen-bond donors (Lipinski definition) is 1. The minimum Gasteiger partial charge on any atom is -0.383 e. The van der Waals surface area contributed by atoms with Crippen LogP contribution in [0.25, 0.3) is 0 Å². The minimum absolute atomic E-state index is 0. The number of rotatable bonds is 7. The molecule has 1 atom stereocenters. The molecule has 0 saturated carbocycles. The molecule has 0 bridgehead atoms. The molecule has 0 aliphatic carbocycles. The van der Waals surface area contributed by atoms with Gasteiger partial charge in [-0.3, -0.25) is 4.79 Å². The maximum atomic E-state index is 12.3. The van der Waals surface area contributed by atoms with Crippen LogP contribution in [0.15, 0.2) is 0 Å². The molecule has 6 heteroatoms. The normalized spacial score (nSPS) is 19.1. The first-order chi connectivity index (χ1) is 8.29. The van der Waals surface area contributed by atoms with Gasteiger partial charge in [-0.15, -0.1) is 12.4 Å². The van der Waals surface area contributed by atoms with Gasteiger partial charge in [-0.1, -0.05) is 0 Å². The summed E-state index contributed by atoms with van der Waals surface area (Å²) in [5, 5.41) is 3.27. The second-order valence-electron chi connectivity index (χ2n) is 4.35. The summed E-state index contributed by atoms with van der Waals surface area (Å²) in [6.45, 7) is 4.28. The number of halogens is 1. The van der Waals surface area contributed by atoms with Gasteiger partial charge in [-0.2, -0.15) is 0 Å². The number of nitrogens with one attached hydrogen (secondary N) is 1. The Hall–Kier alpha value is -0.360. The molecule has 1 rings (SSSR count). The van der Waals surface area contributed by atoms with E-state index in [4.69, 9.17) is 9.47 Å². The van der Waals surface area contributed by atoms with Gasteiger partial charge in [0.2, 0.25) is 5.91 Å². The minimum atomic E-state index is 0. The Kier molecular flexibility index (Phi) is 10.3. The fourth-order valence-corrected chi connectivity index (χ4v) is 2.06. The van der Waals surface area contributed by atoms with E-state index in [0.717, 1.165) is 25.9 Å². The number of carbonyl (C=O) groups excluding carboxylic acids is 1. The Morgan fingerprint density at radius 1 is 1.28 bits per heavy atom. The quantitative estimate of drug-likeness (QED) is 0.739. The maximum absolute atomic E-state index is 12.3. The van der Waals surface area contributed by atoms with E-state index >= 15 is 0 Å². The summed E-state index contributed by atoms with van der Waals surface area (Å²) >= 11 is 0. The summed E-state index contributed by atoms with van der Waals surface area (Å²) in [7, 11) is 3.31. The summed E-state index contributed by atoms with van der Waals surface area (Å²) in [5.74, 6) is 0.351. The number of amides is 1. The Labute approximate surface area is 116 Å². The lowest BCUT2D eigenvalue weighted by Gasteiger charge is -2.29. The van der Waals surface area contributed by atoms with E-state index in [2.05, 4.69) is 5.32 Å². The second-order valence-corrected chi connectivity index (χ2v) is 4.35. The molecule has 0 aromatic heterocycles. The van der Waals surface area contributed by atoms with Crippen molar-refractivity contribution in [2.75, 3.05) is 53.6 Å². The van der Waals surface area contributed by atoms with Gasteiger partial charge in [0.05, 0.1) is 19.1 Å². The average Bonchev–Trinajstić information content (AvgIpc) is 2.39. The van der Waals surface area contributed by atoms with Crippen LogP contribution >= 0.6 is 12.4 Å². The summed E-state index contributed by atoms with van der Waals surface area (Å²) in [6.07, 6.45) is 2.07. The van der Waals surface area contributed by atoms with E-state index in [0.29, 0.717) is 26.3 Å². The summed E-state index contributed by atoms with van der Waals surface area (Å²) in [6, 6.07) is 0. The molecular formula is C12H25ClN2O3. The van der Waals surface area contributed by atoms with Gasteiger partial charge in [0, 0.05) is 33.9 Å². The number of hydrogen-bond acceptors (Lipinski definition) is 4. The monoisotopic (exact) mass is 280 g/mol. The lowest BCUT2D eigenvalue weighted by Crippen LogP contribution is -2.45. The summed E-state index contributed by atoms with van der Waals surface area (Å²) in [4.78, 5) is 14.1. The molecule has 1 amide bonds. The molecule has 1 N–H and O–H groups in total. The first-order valence-corrected chi connectivity index (χ1v) is 6.27. The number of methoxy groups -OCH3 is 2. The number of nitrogens with zero attached hydrogens (tertiary/aromatic N) is 1. The number of piperidine rings is 1. The Balaban J connectivity index is 0.00000289. The summed E-state index contributed by atoms with van der Waals surface area (Å²) < 4.78 is 10.1. The lowest BCUT2D eigenvalue weighted by atomic mass is 9.98. The fraction of sp³-hybridized carbons (Fsp3) is 0.917. The van der Waals surface area contributed by atoms with E-state index in [1.54, 1.807) is 14.2 Å². The van der Waals surface area contributed by atoms with Gasteiger partial charge in [-0.05, 0) is 19.4 Å². The molecule has 0 aromatic carbocycles. The van der Waals surface area contributed by atoms with Crippen LogP contribution in [0.4, 0.5) is 0 Å². The molecular weight excluding hydrogens is 256 g/mol. The van der Waals surface area contributed by atoms with Crippen LogP contribution < -0.4 is 5.32 Å². The zero-order valence-electron chi connectivity index (χ0n) is 11.3. The van der Waals surface area contributed by atoms with E-state index in [-0.39, 0.29) is 24.2 Å². The van der Waals surface area contributed by atoms with Gasteiger partial charge >= 0.3 is 0 Å². The fourth-order valence-electron chi connectivity index (χ4n) is 2.06. The average molecular weight is 281 g/mol. The van der Waals surface area contributed by atoms with Crippen LogP contribution in [0.5, 0.6) is 0 Å². The molecule has 0 unspecified atom stereocenters. The van der Waals surface area contributed by atoms with Crippen molar-refractivity contribution < 1.29 is 14.3 Å². The molecule has 1 heterocycles. The third kappa shape index (κ3) is 6.00. The molecule has 1 aliphatic heterocycles. The first-order valence-electron chi connectivity index (χ1n) is 6.27. The molecule has 1 saturated heterocycles. The van der Waals surface area contributed by atoms with Crippen molar-refractivity contribution in [3.8, 4) is 0 Å². The van der Waals surface area contributed by atoms with E-state index in [1.807, 2.05) is 4.90 Å². The molecule has 1 aliphatic rings. The first kappa shape index (κ1) is 17.6. The van der Waals surface area contributed by atoms with Crippen LogP contribution in [0.3, 0.4) is 0 Å². The van der Waals surface area contributed by atoms with E-state index < -0.39 is 0 Å².